The summed E-state index contributed by atoms with van der Waals surface area (Å²) in [7, 11) is 0. The molecular formula is C15H20N2O3. The van der Waals surface area contributed by atoms with Crippen molar-refractivity contribution in [3.63, 3.8) is 0 Å². The van der Waals surface area contributed by atoms with Crippen molar-refractivity contribution in [1.29, 1.82) is 0 Å². The monoisotopic (exact) mass is 276 g/mol. The van der Waals surface area contributed by atoms with Gasteiger partial charge in [-0.2, -0.15) is 0 Å². The normalized spacial score (nSPS) is 24.6. The first kappa shape index (κ1) is 13.2. The average molecular weight is 276 g/mol. The molecule has 2 aliphatic rings. The van der Waals surface area contributed by atoms with Crippen LogP contribution < -0.4 is 20.5 Å². The number of carbonyl (C=O) groups excluding carboxylic acids is 1. The molecule has 1 fully saturated rings. The average Bonchev–Trinajstić information content (AvgIpc) is 2.94. The van der Waals surface area contributed by atoms with Gasteiger partial charge in [-0.05, 0) is 31.7 Å². The van der Waals surface area contributed by atoms with E-state index in [0.717, 1.165) is 49.3 Å². The van der Waals surface area contributed by atoms with Gasteiger partial charge in [0, 0.05) is 24.1 Å². The summed E-state index contributed by atoms with van der Waals surface area (Å²) in [6, 6.07) is 6.40. The number of benzene rings is 1. The summed E-state index contributed by atoms with van der Waals surface area (Å²) in [5.41, 5.74) is 6.47. The highest BCUT2D eigenvalue weighted by atomic mass is 16.7. The number of primary amides is 1. The van der Waals surface area contributed by atoms with Crippen molar-refractivity contribution in [3.05, 3.63) is 23.8 Å². The number of amides is 1. The lowest BCUT2D eigenvalue weighted by Gasteiger charge is -2.27. The third-order valence-electron chi connectivity index (χ3n) is 4.19. The van der Waals surface area contributed by atoms with Gasteiger partial charge in [0.05, 0.1) is 0 Å². The Kier molecular flexibility index (Phi) is 3.78. The second-order valence-corrected chi connectivity index (χ2v) is 5.48. The highest BCUT2D eigenvalue weighted by molar-refractivity contribution is 5.76. The number of hydrogen-bond donors (Lipinski definition) is 2. The molecule has 0 atom stereocenters. The van der Waals surface area contributed by atoms with Gasteiger partial charge >= 0.3 is 0 Å². The minimum atomic E-state index is -0.158. The Morgan fingerprint density at radius 2 is 2.05 bits per heavy atom. The number of rotatable bonds is 4. The molecule has 3 N–H and O–H groups in total. The summed E-state index contributed by atoms with van der Waals surface area (Å²) < 4.78 is 10.9. The minimum Gasteiger partial charge on any atom is -0.454 e. The van der Waals surface area contributed by atoms with E-state index in [2.05, 4.69) is 11.4 Å². The topological polar surface area (TPSA) is 73.6 Å². The number of carbonyl (C=O) groups is 1. The van der Waals surface area contributed by atoms with E-state index in [-0.39, 0.29) is 11.8 Å². The molecule has 0 spiro atoms. The molecule has 1 aromatic carbocycles. The lowest BCUT2D eigenvalue weighted by atomic mass is 9.85. The summed E-state index contributed by atoms with van der Waals surface area (Å²) in [5, 5.41) is 3.54. The van der Waals surface area contributed by atoms with E-state index in [4.69, 9.17) is 15.2 Å². The second-order valence-electron chi connectivity index (χ2n) is 5.48. The number of para-hydroxylation sites is 1. The zero-order valence-corrected chi connectivity index (χ0v) is 11.4. The first-order valence-corrected chi connectivity index (χ1v) is 7.14. The van der Waals surface area contributed by atoms with Gasteiger partial charge < -0.3 is 20.5 Å². The quantitative estimate of drug-likeness (QED) is 0.875. The molecule has 0 saturated heterocycles. The fourth-order valence-electron chi connectivity index (χ4n) is 2.97. The van der Waals surface area contributed by atoms with Crippen LogP contribution in [0, 0.1) is 5.92 Å². The smallest absolute Gasteiger partial charge is 0.231 e. The van der Waals surface area contributed by atoms with Crippen LogP contribution in [-0.2, 0) is 11.3 Å². The molecule has 5 nitrogen and oxygen atoms in total. The van der Waals surface area contributed by atoms with Gasteiger partial charge in [-0.3, -0.25) is 4.79 Å². The minimum absolute atomic E-state index is 0.0609. The van der Waals surface area contributed by atoms with Gasteiger partial charge in [-0.25, -0.2) is 0 Å². The SMILES string of the molecule is NC(=O)C1CCC(NCc2cccc3c2OCO3)CC1. The molecule has 0 aromatic heterocycles. The molecule has 1 aliphatic heterocycles. The molecule has 0 radical (unpaired) electrons. The van der Waals surface area contributed by atoms with Crippen LogP contribution in [0.1, 0.15) is 31.2 Å². The summed E-state index contributed by atoms with van der Waals surface area (Å²) in [6.07, 6.45) is 3.78. The lowest BCUT2D eigenvalue weighted by molar-refractivity contribution is -0.122. The Morgan fingerprint density at radius 3 is 2.80 bits per heavy atom. The highest BCUT2D eigenvalue weighted by Crippen LogP contribution is 2.35. The Labute approximate surface area is 118 Å². The lowest BCUT2D eigenvalue weighted by Crippen LogP contribution is -2.36. The van der Waals surface area contributed by atoms with Crippen molar-refractivity contribution < 1.29 is 14.3 Å². The van der Waals surface area contributed by atoms with E-state index in [0.29, 0.717) is 12.8 Å². The number of hydrogen-bond acceptors (Lipinski definition) is 4. The number of ether oxygens (including phenoxy) is 2. The van der Waals surface area contributed by atoms with Crippen LogP contribution in [0.25, 0.3) is 0 Å². The molecule has 1 amide bonds. The van der Waals surface area contributed by atoms with Gasteiger partial charge in [0.25, 0.3) is 0 Å². The Hall–Kier alpha value is -1.75. The van der Waals surface area contributed by atoms with Crippen molar-refractivity contribution in [3.8, 4) is 11.5 Å². The predicted molar refractivity (Wildman–Crippen MR) is 74.3 cm³/mol. The van der Waals surface area contributed by atoms with Gasteiger partial charge in [0.2, 0.25) is 12.7 Å². The van der Waals surface area contributed by atoms with Crippen molar-refractivity contribution in [2.75, 3.05) is 6.79 Å². The maximum Gasteiger partial charge on any atom is 0.231 e. The van der Waals surface area contributed by atoms with Crippen LogP contribution in [0.15, 0.2) is 18.2 Å². The van der Waals surface area contributed by atoms with Crippen LogP contribution in [0.4, 0.5) is 0 Å². The van der Waals surface area contributed by atoms with Crippen LogP contribution in [0.2, 0.25) is 0 Å². The summed E-state index contributed by atoms with van der Waals surface area (Å²) in [6.45, 7) is 1.06. The third-order valence-corrected chi connectivity index (χ3v) is 4.19. The second kappa shape index (κ2) is 5.71. The standard InChI is InChI=1S/C15H20N2O3/c16-15(18)10-4-6-12(7-5-10)17-8-11-2-1-3-13-14(11)20-9-19-13/h1-3,10,12,17H,4-9H2,(H2,16,18). The number of fused-ring (bicyclic) bond motifs is 1. The summed E-state index contributed by atoms with van der Waals surface area (Å²) in [5.74, 6) is 1.58. The van der Waals surface area contributed by atoms with E-state index in [1.807, 2.05) is 12.1 Å². The molecule has 1 aromatic rings. The highest BCUT2D eigenvalue weighted by Gasteiger charge is 2.25. The Balaban J connectivity index is 1.54. The van der Waals surface area contributed by atoms with Gasteiger partial charge in [-0.15, -0.1) is 0 Å². The van der Waals surface area contributed by atoms with Gasteiger partial charge in [0.1, 0.15) is 0 Å². The van der Waals surface area contributed by atoms with Crippen molar-refractivity contribution in [2.45, 2.75) is 38.3 Å². The van der Waals surface area contributed by atoms with Crippen molar-refractivity contribution in [1.82, 2.24) is 5.32 Å². The van der Waals surface area contributed by atoms with Crippen LogP contribution in [0.3, 0.4) is 0 Å². The zero-order chi connectivity index (χ0) is 13.9. The Morgan fingerprint density at radius 1 is 1.25 bits per heavy atom. The maximum absolute atomic E-state index is 11.1. The Bertz CT molecular complexity index is 496. The van der Waals surface area contributed by atoms with Crippen LogP contribution in [-0.4, -0.2) is 18.7 Å². The maximum atomic E-state index is 11.1. The van der Waals surface area contributed by atoms with E-state index in [9.17, 15) is 4.79 Å². The first-order valence-electron chi connectivity index (χ1n) is 7.14. The molecule has 108 valence electrons. The molecule has 1 saturated carbocycles. The van der Waals surface area contributed by atoms with E-state index < -0.39 is 0 Å². The molecular weight excluding hydrogens is 256 g/mol. The molecule has 3 rings (SSSR count). The fourth-order valence-corrected chi connectivity index (χ4v) is 2.97. The molecule has 5 heteroatoms. The van der Waals surface area contributed by atoms with E-state index in [1.165, 1.54) is 0 Å². The zero-order valence-electron chi connectivity index (χ0n) is 11.4. The first-order chi connectivity index (χ1) is 9.74. The van der Waals surface area contributed by atoms with Crippen LogP contribution >= 0.6 is 0 Å². The van der Waals surface area contributed by atoms with Gasteiger partial charge in [-0.1, -0.05) is 12.1 Å². The van der Waals surface area contributed by atoms with Crippen molar-refractivity contribution in [2.24, 2.45) is 11.7 Å². The van der Waals surface area contributed by atoms with Gasteiger partial charge in [0.15, 0.2) is 11.5 Å². The predicted octanol–water partition coefficient (Wildman–Crippen LogP) is 1.55. The number of nitrogens with one attached hydrogen (secondary N) is 1. The van der Waals surface area contributed by atoms with E-state index >= 15 is 0 Å². The number of nitrogens with two attached hydrogens (primary N) is 1. The molecule has 1 aliphatic carbocycles. The fraction of sp³-hybridized carbons (Fsp3) is 0.533. The molecule has 1 heterocycles. The van der Waals surface area contributed by atoms with Crippen molar-refractivity contribution >= 4 is 5.91 Å². The summed E-state index contributed by atoms with van der Waals surface area (Å²) >= 11 is 0. The van der Waals surface area contributed by atoms with Crippen LogP contribution in [0.5, 0.6) is 11.5 Å². The summed E-state index contributed by atoms with van der Waals surface area (Å²) in [4.78, 5) is 11.1. The molecule has 0 unspecified atom stereocenters. The molecule has 0 bridgehead atoms. The third kappa shape index (κ3) is 2.72. The van der Waals surface area contributed by atoms with E-state index in [1.54, 1.807) is 0 Å². The largest absolute Gasteiger partial charge is 0.454 e. The molecule has 20 heavy (non-hydrogen) atoms.